The Kier molecular flexibility index (Phi) is 2.56. The highest BCUT2D eigenvalue weighted by molar-refractivity contribution is 5.89. The Bertz CT molecular complexity index is 787. The highest BCUT2D eigenvalue weighted by atomic mass is 16.5. The Morgan fingerprint density at radius 2 is 1.55 bits per heavy atom. The number of rotatable bonds is 1. The molecule has 0 radical (unpaired) electrons. The van der Waals surface area contributed by atoms with Crippen LogP contribution in [0.15, 0.2) is 79.1 Å². The molecule has 1 heteroatoms. The van der Waals surface area contributed by atoms with E-state index >= 15 is 0 Å². The van der Waals surface area contributed by atoms with Gasteiger partial charge in [-0.05, 0) is 28.5 Å². The third kappa shape index (κ3) is 1.71. The predicted molar refractivity (Wildman–Crippen MR) is 82.0 cm³/mol. The Labute approximate surface area is 118 Å². The number of allylic oxidation sites excluding steroid dienone is 1. The van der Waals surface area contributed by atoms with E-state index in [-0.39, 0.29) is 5.92 Å². The molecule has 0 aromatic heterocycles. The number of hydrogen-bond donors (Lipinski definition) is 0. The summed E-state index contributed by atoms with van der Waals surface area (Å²) < 4.78 is 5.70. The average Bonchev–Trinajstić information content (AvgIpc) is 2.55. The van der Waals surface area contributed by atoms with Gasteiger partial charge in [-0.2, -0.15) is 0 Å². The van der Waals surface area contributed by atoms with Crippen molar-refractivity contribution in [2.45, 2.75) is 5.92 Å². The molecule has 3 aromatic carbocycles. The first-order valence-corrected chi connectivity index (χ1v) is 6.83. The van der Waals surface area contributed by atoms with Crippen molar-refractivity contribution in [1.29, 1.82) is 0 Å². The Morgan fingerprint density at radius 3 is 2.45 bits per heavy atom. The average molecular weight is 258 g/mol. The Morgan fingerprint density at radius 1 is 0.750 bits per heavy atom. The van der Waals surface area contributed by atoms with E-state index in [0.717, 1.165) is 5.75 Å². The van der Waals surface area contributed by atoms with Crippen LogP contribution in [0.1, 0.15) is 17.0 Å². The summed E-state index contributed by atoms with van der Waals surface area (Å²) in [5.41, 5.74) is 2.56. The summed E-state index contributed by atoms with van der Waals surface area (Å²) in [7, 11) is 0. The van der Waals surface area contributed by atoms with Crippen molar-refractivity contribution >= 4 is 10.8 Å². The van der Waals surface area contributed by atoms with Crippen LogP contribution in [0.5, 0.6) is 5.75 Å². The zero-order chi connectivity index (χ0) is 13.4. The second kappa shape index (κ2) is 4.53. The van der Waals surface area contributed by atoms with Crippen molar-refractivity contribution in [3.63, 3.8) is 0 Å². The second-order valence-electron chi connectivity index (χ2n) is 5.03. The first-order chi connectivity index (χ1) is 9.93. The van der Waals surface area contributed by atoms with Gasteiger partial charge in [-0.3, -0.25) is 0 Å². The van der Waals surface area contributed by atoms with Crippen LogP contribution in [-0.2, 0) is 0 Å². The molecule has 1 aliphatic heterocycles. The third-order valence-corrected chi connectivity index (χ3v) is 3.87. The van der Waals surface area contributed by atoms with E-state index in [9.17, 15) is 0 Å². The van der Waals surface area contributed by atoms with E-state index in [1.807, 2.05) is 0 Å². The minimum Gasteiger partial charge on any atom is -0.465 e. The molecule has 1 unspecified atom stereocenters. The third-order valence-electron chi connectivity index (χ3n) is 3.87. The maximum Gasteiger partial charge on any atom is 0.131 e. The minimum absolute atomic E-state index is 0.256. The van der Waals surface area contributed by atoms with E-state index in [1.165, 1.54) is 21.9 Å². The molecule has 0 saturated carbocycles. The first kappa shape index (κ1) is 11.3. The van der Waals surface area contributed by atoms with Gasteiger partial charge in [0, 0.05) is 11.5 Å². The fourth-order valence-corrected chi connectivity index (χ4v) is 2.92. The van der Waals surface area contributed by atoms with Crippen LogP contribution in [0.25, 0.3) is 10.8 Å². The molecule has 20 heavy (non-hydrogen) atoms. The molecule has 0 N–H and O–H groups in total. The summed E-state index contributed by atoms with van der Waals surface area (Å²) in [6, 6.07) is 23.2. The second-order valence-corrected chi connectivity index (χ2v) is 5.03. The molecule has 4 rings (SSSR count). The molecule has 1 nitrogen and oxygen atoms in total. The van der Waals surface area contributed by atoms with E-state index in [0.29, 0.717) is 0 Å². The summed E-state index contributed by atoms with van der Waals surface area (Å²) >= 11 is 0. The lowest BCUT2D eigenvalue weighted by Gasteiger charge is -2.23. The SMILES string of the molecule is C1=CC(c2ccccc2)c2c(ccc3ccccc23)O1. The van der Waals surface area contributed by atoms with Gasteiger partial charge in [-0.25, -0.2) is 0 Å². The minimum atomic E-state index is 0.256. The van der Waals surface area contributed by atoms with Crippen molar-refractivity contribution in [2.75, 3.05) is 0 Å². The zero-order valence-corrected chi connectivity index (χ0v) is 11.0. The molecular weight excluding hydrogens is 244 g/mol. The van der Waals surface area contributed by atoms with Crippen LogP contribution >= 0.6 is 0 Å². The standard InChI is InChI=1S/C19H14O/c1-2-6-14(7-3-1)17-12-13-20-18-11-10-15-8-4-5-9-16(15)19(17)18/h1-13,17H. The van der Waals surface area contributed by atoms with Crippen LogP contribution in [0.4, 0.5) is 0 Å². The number of hydrogen-bond acceptors (Lipinski definition) is 1. The molecule has 0 bridgehead atoms. The number of ether oxygens (including phenoxy) is 1. The number of benzene rings is 3. The van der Waals surface area contributed by atoms with Crippen LogP contribution < -0.4 is 4.74 Å². The van der Waals surface area contributed by atoms with Gasteiger partial charge < -0.3 is 4.74 Å². The maximum absolute atomic E-state index is 5.70. The fraction of sp³-hybridized carbons (Fsp3) is 0.0526. The summed E-state index contributed by atoms with van der Waals surface area (Å²) in [4.78, 5) is 0. The quantitative estimate of drug-likeness (QED) is 0.604. The lowest BCUT2D eigenvalue weighted by Crippen LogP contribution is -2.06. The van der Waals surface area contributed by atoms with Crippen LogP contribution in [-0.4, -0.2) is 0 Å². The van der Waals surface area contributed by atoms with E-state index in [1.54, 1.807) is 6.26 Å². The summed E-state index contributed by atoms with van der Waals surface area (Å²) in [6.45, 7) is 0. The van der Waals surface area contributed by atoms with Gasteiger partial charge in [-0.1, -0.05) is 60.7 Å². The lowest BCUT2D eigenvalue weighted by atomic mass is 9.86. The monoisotopic (exact) mass is 258 g/mol. The van der Waals surface area contributed by atoms with Crippen molar-refractivity contribution in [3.8, 4) is 5.75 Å². The van der Waals surface area contributed by atoms with Gasteiger partial charge in [-0.15, -0.1) is 0 Å². The Hall–Kier alpha value is -2.54. The highest BCUT2D eigenvalue weighted by Gasteiger charge is 2.21. The first-order valence-electron chi connectivity index (χ1n) is 6.83. The molecule has 0 saturated heterocycles. The lowest BCUT2D eigenvalue weighted by molar-refractivity contribution is 0.460. The van der Waals surface area contributed by atoms with Crippen molar-refractivity contribution in [2.24, 2.45) is 0 Å². The number of fused-ring (bicyclic) bond motifs is 3. The molecule has 1 atom stereocenters. The summed E-state index contributed by atoms with van der Waals surface area (Å²) in [6.07, 6.45) is 3.93. The van der Waals surface area contributed by atoms with Crippen molar-refractivity contribution in [3.05, 3.63) is 90.2 Å². The molecule has 1 aliphatic rings. The summed E-state index contributed by atoms with van der Waals surface area (Å²) in [5, 5.41) is 2.52. The van der Waals surface area contributed by atoms with E-state index in [2.05, 4.69) is 72.8 Å². The largest absolute Gasteiger partial charge is 0.465 e. The highest BCUT2D eigenvalue weighted by Crippen LogP contribution is 2.40. The van der Waals surface area contributed by atoms with Crippen LogP contribution in [0, 0.1) is 0 Å². The van der Waals surface area contributed by atoms with Crippen LogP contribution in [0.3, 0.4) is 0 Å². The molecule has 1 heterocycles. The Balaban J connectivity index is 2.00. The van der Waals surface area contributed by atoms with Gasteiger partial charge in [0.05, 0.1) is 6.26 Å². The van der Waals surface area contributed by atoms with Gasteiger partial charge in [0.2, 0.25) is 0 Å². The molecular formula is C19H14O. The van der Waals surface area contributed by atoms with Gasteiger partial charge >= 0.3 is 0 Å². The predicted octanol–water partition coefficient (Wildman–Crippen LogP) is 4.88. The maximum atomic E-state index is 5.70. The van der Waals surface area contributed by atoms with Gasteiger partial charge in [0.15, 0.2) is 0 Å². The fourth-order valence-electron chi connectivity index (χ4n) is 2.92. The normalized spacial score (nSPS) is 16.7. The van der Waals surface area contributed by atoms with E-state index in [4.69, 9.17) is 4.74 Å². The molecule has 3 aromatic rings. The smallest absolute Gasteiger partial charge is 0.131 e. The summed E-state index contributed by atoms with van der Waals surface area (Å²) in [5.74, 6) is 1.21. The molecule has 0 aliphatic carbocycles. The molecule has 0 fully saturated rings. The van der Waals surface area contributed by atoms with Crippen molar-refractivity contribution in [1.82, 2.24) is 0 Å². The van der Waals surface area contributed by atoms with Gasteiger partial charge in [0.25, 0.3) is 0 Å². The van der Waals surface area contributed by atoms with Crippen molar-refractivity contribution < 1.29 is 4.74 Å². The molecule has 0 spiro atoms. The topological polar surface area (TPSA) is 9.23 Å². The zero-order valence-electron chi connectivity index (χ0n) is 11.0. The molecule has 96 valence electrons. The van der Waals surface area contributed by atoms with E-state index < -0.39 is 0 Å². The van der Waals surface area contributed by atoms with Crippen LogP contribution in [0.2, 0.25) is 0 Å². The van der Waals surface area contributed by atoms with Gasteiger partial charge in [0.1, 0.15) is 5.75 Å². The molecule has 0 amide bonds.